The van der Waals surface area contributed by atoms with Crippen molar-refractivity contribution in [3.05, 3.63) is 58.7 Å². The van der Waals surface area contributed by atoms with Crippen molar-refractivity contribution in [2.24, 2.45) is 10.8 Å². The molecule has 216 valence electrons. The van der Waals surface area contributed by atoms with E-state index in [4.69, 9.17) is 0 Å². The summed E-state index contributed by atoms with van der Waals surface area (Å²) in [6.07, 6.45) is -3.87. The first-order chi connectivity index (χ1) is 17.5. The van der Waals surface area contributed by atoms with Crippen molar-refractivity contribution >= 4 is 11.9 Å². The number of benzene rings is 2. The van der Waals surface area contributed by atoms with Gasteiger partial charge in [-0.15, -0.1) is 0 Å². The van der Waals surface area contributed by atoms with Crippen LogP contribution in [0.2, 0.25) is 0 Å². The zero-order valence-corrected chi connectivity index (χ0v) is 24.9. The molecule has 0 bridgehead atoms. The zero-order chi connectivity index (χ0) is 30.2. The number of hydrogen-bond donors (Lipinski definition) is 1. The number of carboxylic acids is 1. The van der Waals surface area contributed by atoms with Gasteiger partial charge in [0.1, 0.15) is 0 Å². The minimum absolute atomic E-state index is 0.268. The second kappa shape index (κ2) is 11.0. The number of carboxylic acid groups (broad SMARTS) is 1. The number of rotatable bonds is 10. The topological polar surface area (TPSA) is 63.6 Å². The van der Waals surface area contributed by atoms with Crippen LogP contribution in [0.1, 0.15) is 90.5 Å². The van der Waals surface area contributed by atoms with Gasteiger partial charge in [0, 0.05) is 0 Å². The van der Waals surface area contributed by atoms with Gasteiger partial charge in [0.15, 0.2) is 6.61 Å². The molecule has 7 heteroatoms. The molecule has 4 nitrogen and oxygen atoms in total. The molecule has 0 radical (unpaired) electrons. The molecule has 0 amide bonds. The number of halogens is 3. The van der Waals surface area contributed by atoms with Gasteiger partial charge in [-0.1, -0.05) is 69.7 Å². The molecule has 0 atom stereocenters. The van der Waals surface area contributed by atoms with Crippen LogP contribution >= 0.6 is 0 Å². The highest BCUT2D eigenvalue weighted by Gasteiger charge is 2.40. The fourth-order valence-electron chi connectivity index (χ4n) is 5.70. The summed E-state index contributed by atoms with van der Waals surface area (Å²) in [6.45, 7) is 17.2. The summed E-state index contributed by atoms with van der Waals surface area (Å²) < 4.78 is 42.6. The van der Waals surface area contributed by atoms with Crippen molar-refractivity contribution in [3.8, 4) is 11.1 Å². The molecule has 0 aliphatic carbocycles. The number of ether oxygens (including phenoxy) is 1. The predicted octanol–water partition coefficient (Wildman–Crippen LogP) is 8.55. The third kappa shape index (κ3) is 8.09. The lowest BCUT2D eigenvalue weighted by molar-refractivity contribution is -0.193. The van der Waals surface area contributed by atoms with Crippen molar-refractivity contribution in [2.45, 2.75) is 99.1 Å². The Hall–Kier alpha value is -2.83. The van der Waals surface area contributed by atoms with Crippen LogP contribution < -0.4 is 0 Å². The highest BCUT2D eigenvalue weighted by atomic mass is 19.4. The molecule has 0 heterocycles. The van der Waals surface area contributed by atoms with Crippen LogP contribution in [0.15, 0.2) is 36.4 Å². The average Bonchev–Trinajstić information content (AvgIpc) is 2.75. The minimum atomic E-state index is -4.58. The normalized spacial score (nSPS) is 13.4. The van der Waals surface area contributed by atoms with Gasteiger partial charge in [-0.25, -0.2) is 0 Å². The Bertz CT molecular complexity index is 1220. The molecule has 0 saturated heterocycles. The third-order valence-corrected chi connectivity index (χ3v) is 7.48. The van der Waals surface area contributed by atoms with Crippen LogP contribution in [-0.2, 0) is 25.2 Å². The molecular weight excluding hydrogens is 505 g/mol. The fourth-order valence-corrected chi connectivity index (χ4v) is 5.70. The van der Waals surface area contributed by atoms with Gasteiger partial charge < -0.3 is 9.84 Å². The smallest absolute Gasteiger partial charge is 0.422 e. The Balaban J connectivity index is 2.56. The van der Waals surface area contributed by atoms with Crippen LogP contribution in [-0.4, -0.2) is 29.8 Å². The molecule has 2 aromatic rings. The maximum absolute atomic E-state index is 12.7. The second-order valence-corrected chi connectivity index (χ2v) is 13.5. The summed E-state index contributed by atoms with van der Waals surface area (Å²) in [5.41, 5.74) is 2.97. The SMILES string of the molecule is Cc1ccc(C(C)(C)CC(C)(C)C(=O)OCC(F)(F)F)c(-c2cc(C(C)(C)CC(C)(C)C(=O)O)ccc2C)c1. The lowest BCUT2D eigenvalue weighted by atomic mass is 9.68. The van der Waals surface area contributed by atoms with E-state index in [1.807, 2.05) is 65.8 Å². The highest BCUT2D eigenvalue weighted by Crippen LogP contribution is 2.44. The summed E-state index contributed by atoms with van der Waals surface area (Å²) in [5, 5.41) is 9.70. The number of aliphatic carboxylic acids is 1. The molecular formula is C32H43F3O4. The van der Waals surface area contributed by atoms with Crippen molar-refractivity contribution in [1.82, 2.24) is 0 Å². The van der Waals surface area contributed by atoms with Gasteiger partial charge in [0.2, 0.25) is 0 Å². The summed E-state index contributed by atoms with van der Waals surface area (Å²) in [6, 6.07) is 12.3. The number of esters is 1. The Morgan fingerprint density at radius 2 is 1.33 bits per heavy atom. The predicted molar refractivity (Wildman–Crippen MR) is 149 cm³/mol. The van der Waals surface area contributed by atoms with Crippen LogP contribution in [0.5, 0.6) is 0 Å². The lowest BCUT2D eigenvalue weighted by Gasteiger charge is -2.36. The monoisotopic (exact) mass is 548 g/mol. The van der Waals surface area contributed by atoms with E-state index in [9.17, 15) is 27.9 Å². The lowest BCUT2D eigenvalue weighted by Crippen LogP contribution is -2.36. The molecule has 0 fully saturated rings. The molecule has 0 saturated carbocycles. The first-order valence-electron chi connectivity index (χ1n) is 13.2. The fraction of sp³-hybridized carbons (Fsp3) is 0.562. The Morgan fingerprint density at radius 3 is 1.87 bits per heavy atom. The minimum Gasteiger partial charge on any atom is -0.481 e. The van der Waals surface area contributed by atoms with Gasteiger partial charge in [-0.2, -0.15) is 13.2 Å². The average molecular weight is 549 g/mol. The van der Waals surface area contributed by atoms with E-state index in [0.29, 0.717) is 6.42 Å². The largest absolute Gasteiger partial charge is 0.481 e. The molecule has 39 heavy (non-hydrogen) atoms. The summed E-state index contributed by atoms with van der Waals surface area (Å²) in [7, 11) is 0. The molecule has 2 aromatic carbocycles. The van der Waals surface area contributed by atoms with E-state index in [-0.39, 0.29) is 6.42 Å². The van der Waals surface area contributed by atoms with Crippen molar-refractivity contribution in [3.63, 3.8) is 0 Å². The number of alkyl halides is 3. The first kappa shape index (κ1) is 32.4. The van der Waals surface area contributed by atoms with Gasteiger partial charge in [0.25, 0.3) is 0 Å². The van der Waals surface area contributed by atoms with E-state index in [0.717, 1.165) is 33.4 Å². The first-order valence-corrected chi connectivity index (χ1v) is 13.2. The van der Waals surface area contributed by atoms with Crippen LogP contribution in [0.25, 0.3) is 11.1 Å². The van der Waals surface area contributed by atoms with Crippen LogP contribution in [0.4, 0.5) is 13.2 Å². The van der Waals surface area contributed by atoms with E-state index >= 15 is 0 Å². The van der Waals surface area contributed by atoms with E-state index in [1.54, 1.807) is 27.7 Å². The van der Waals surface area contributed by atoms with E-state index in [1.165, 1.54) is 0 Å². The molecule has 0 spiro atoms. The summed E-state index contributed by atoms with van der Waals surface area (Å²) in [4.78, 5) is 24.5. The van der Waals surface area contributed by atoms with Gasteiger partial charge in [-0.3, -0.25) is 9.59 Å². The standard InChI is InChI=1S/C32H43F3O4/c1-20-11-14-25(29(5,6)18-31(9,10)27(38)39-19-32(33,34)35)24(15-20)23-16-22(13-12-21(23)2)28(3,4)17-30(7,8)26(36)37/h11-16H,17-19H2,1-10H3,(H,36,37). The van der Waals surface area contributed by atoms with Crippen molar-refractivity contribution in [1.29, 1.82) is 0 Å². The highest BCUT2D eigenvalue weighted by molar-refractivity contribution is 5.77. The Labute approximate surface area is 231 Å². The molecule has 2 rings (SSSR count). The quantitative estimate of drug-likeness (QED) is 0.302. The van der Waals surface area contributed by atoms with Crippen molar-refractivity contribution in [2.75, 3.05) is 6.61 Å². The van der Waals surface area contributed by atoms with Gasteiger partial charge >= 0.3 is 18.1 Å². The second-order valence-electron chi connectivity index (χ2n) is 13.5. The number of aryl methyl sites for hydroxylation is 2. The molecule has 1 N–H and O–H groups in total. The zero-order valence-electron chi connectivity index (χ0n) is 24.9. The van der Waals surface area contributed by atoms with Gasteiger partial charge in [-0.05, 0) is 93.0 Å². The summed E-state index contributed by atoms with van der Waals surface area (Å²) in [5.74, 6) is -1.73. The molecule has 0 aliphatic heterocycles. The van der Waals surface area contributed by atoms with E-state index < -0.39 is 46.4 Å². The third-order valence-electron chi connectivity index (χ3n) is 7.48. The van der Waals surface area contributed by atoms with Crippen molar-refractivity contribution < 1.29 is 32.6 Å². The van der Waals surface area contributed by atoms with Gasteiger partial charge in [0.05, 0.1) is 10.8 Å². The Kier molecular flexibility index (Phi) is 9.11. The van der Waals surface area contributed by atoms with Crippen LogP contribution in [0.3, 0.4) is 0 Å². The maximum Gasteiger partial charge on any atom is 0.422 e. The number of carbonyl (C=O) groups is 2. The maximum atomic E-state index is 12.7. The Morgan fingerprint density at radius 1 is 0.769 bits per heavy atom. The van der Waals surface area contributed by atoms with E-state index in [2.05, 4.69) is 16.9 Å². The number of carbonyl (C=O) groups excluding carboxylic acids is 1. The molecule has 0 aliphatic rings. The molecule has 0 unspecified atom stereocenters. The molecule has 0 aromatic heterocycles. The van der Waals surface area contributed by atoms with Crippen LogP contribution in [0, 0.1) is 24.7 Å². The summed E-state index contributed by atoms with van der Waals surface area (Å²) >= 11 is 0. The number of hydrogen-bond acceptors (Lipinski definition) is 3.